The second-order valence-electron chi connectivity index (χ2n) is 13.1. The zero-order valence-corrected chi connectivity index (χ0v) is 28.3. The monoisotopic (exact) mass is 653 g/mol. The van der Waals surface area contributed by atoms with Crippen molar-refractivity contribution in [3.05, 3.63) is 89.5 Å². The van der Waals surface area contributed by atoms with Crippen LogP contribution >= 0.6 is 0 Å². The molecule has 5 rings (SSSR count). The molecular formula is C37H43N5O6. The van der Waals surface area contributed by atoms with Gasteiger partial charge in [0, 0.05) is 49.2 Å². The van der Waals surface area contributed by atoms with Crippen molar-refractivity contribution >= 4 is 52.2 Å². The number of hydrogen-bond acceptors (Lipinski definition) is 8. The zero-order chi connectivity index (χ0) is 34.6. The normalized spacial score (nSPS) is 15.8. The molecule has 3 aromatic carbocycles. The van der Waals surface area contributed by atoms with E-state index in [0.29, 0.717) is 54.3 Å². The van der Waals surface area contributed by atoms with Gasteiger partial charge in [0.1, 0.15) is 5.60 Å². The number of hydrogen-bond donors (Lipinski definition) is 2. The second-order valence-corrected chi connectivity index (χ2v) is 13.1. The van der Waals surface area contributed by atoms with Gasteiger partial charge in [0.15, 0.2) is 0 Å². The lowest BCUT2D eigenvalue weighted by Gasteiger charge is -2.36. The number of benzene rings is 3. The number of fused-ring (bicyclic) bond motifs is 1. The Labute approximate surface area is 281 Å². The Morgan fingerprint density at radius 2 is 1.58 bits per heavy atom. The first kappa shape index (κ1) is 34.2. The summed E-state index contributed by atoms with van der Waals surface area (Å²) in [6.45, 7) is 11.9. The Kier molecular flexibility index (Phi) is 10.2. The molecule has 48 heavy (non-hydrogen) atoms. The topological polar surface area (TPSA) is 121 Å². The van der Waals surface area contributed by atoms with Crippen molar-refractivity contribution in [2.45, 2.75) is 46.3 Å². The molecule has 0 saturated carbocycles. The molecule has 252 valence electrons. The fraction of sp³-hybridized carbons (Fsp3) is 0.351. The summed E-state index contributed by atoms with van der Waals surface area (Å²) >= 11 is 0. The van der Waals surface area contributed by atoms with E-state index in [1.807, 2.05) is 89.2 Å². The fourth-order valence-corrected chi connectivity index (χ4v) is 5.81. The minimum absolute atomic E-state index is 0.0333. The number of methoxy groups -OCH3 is 1. The third kappa shape index (κ3) is 7.86. The van der Waals surface area contributed by atoms with Crippen LogP contribution < -0.4 is 15.5 Å². The van der Waals surface area contributed by atoms with Crippen LogP contribution in [0, 0.1) is 0 Å². The van der Waals surface area contributed by atoms with Crippen LogP contribution in [-0.4, -0.2) is 85.2 Å². The number of carbonyl (C=O) groups is 4. The highest BCUT2D eigenvalue weighted by Gasteiger charge is 2.31. The number of rotatable bonds is 8. The molecule has 0 spiro atoms. The van der Waals surface area contributed by atoms with Crippen LogP contribution in [0.15, 0.2) is 72.8 Å². The van der Waals surface area contributed by atoms with Crippen LogP contribution in [0.2, 0.25) is 0 Å². The molecule has 11 heteroatoms. The number of nitrogens with zero attached hydrogens (tertiary/aromatic N) is 3. The molecule has 2 heterocycles. The number of ether oxygens (including phenoxy) is 2. The van der Waals surface area contributed by atoms with E-state index in [-0.39, 0.29) is 30.5 Å². The van der Waals surface area contributed by atoms with E-state index >= 15 is 0 Å². The Bertz CT molecular complexity index is 1700. The SMILES string of the molecule is COC(=O)c1ccc2c(c1)NC(=O)/C2=C(\Nc1ccc(N(C(=O)CN2CCN(C(=O)OC(C)(C)C)CC2)C(C)C)cc1)c1ccccc1. The van der Waals surface area contributed by atoms with Crippen molar-refractivity contribution in [3.8, 4) is 0 Å². The molecule has 1 fully saturated rings. The van der Waals surface area contributed by atoms with Gasteiger partial charge in [-0.1, -0.05) is 36.4 Å². The van der Waals surface area contributed by atoms with Gasteiger partial charge >= 0.3 is 12.1 Å². The van der Waals surface area contributed by atoms with Crippen LogP contribution in [0.25, 0.3) is 11.3 Å². The van der Waals surface area contributed by atoms with E-state index < -0.39 is 11.6 Å². The lowest BCUT2D eigenvalue weighted by Crippen LogP contribution is -2.53. The van der Waals surface area contributed by atoms with Crippen LogP contribution in [0.1, 0.15) is 56.1 Å². The molecule has 0 bridgehead atoms. The fourth-order valence-electron chi connectivity index (χ4n) is 5.81. The molecular weight excluding hydrogens is 610 g/mol. The van der Waals surface area contributed by atoms with E-state index in [9.17, 15) is 19.2 Å². The Hall–Kier alpha value is -5.16. The van der Waals surface area contributed by atoms with Gasteiger partial charge in [-0.15, -0.1) is 0 Å². The molecule has 2 aliphatic heterocycles. The molecule has 0 unspecified atom stereocenters. The maximum atomic E-state index is 13.6. The van der Waals surface area contributed by atoms with E-state index in [4.69, 9.17) is 9.47 Å². The van der Waals surface area contributed by atoms with E-state index in [1.165, 1.54) is 7.11 Å². The van der Waals surface area contributed by atoms with Crippen molar-refractivity contribution < 1.29 is 28.7 Å². The average molecular weight is 654 g/mol. The van der Waals surface area contributed by atoms with E-state index in [0.717, 1.165) is 16.9 Å². The predicted molar refractivity (Wildman–Crippen MR) is 187 cm³/mol. The summed E-state index contributed by atoms with van der Waals surface area (Å²) in [5.74, 6) is -0.812. The molecule has 0 aliphatic carbocycles. The second kappa shape index (κ2) is 14.3. The van der Waals surface area contributed by atoms with Crippen LogP contribution in [0.5, 0.6) is 0 Å². The van der Waals surface area contributed by atoms with Gasteiger partial charge in [-0.25, -0.2) is 9.59 Å². The van der Waals surface area contributed by atoms with Crippen molar-refractivity contribution in [1.82, 2.24) is 9.80 Å². The van der Waals surface area contributed by atoms with Crippen molar-refractivity contribution in [2.24, 2.45) is 0 Å². The van der Waals surface area contributed by atoms with Crippen molar-refractivity contribution in [1.29, 1.82) is 0 Å². The maximum absolute atomic E-state index is 13.6. The van der Waals surface area contributed by atoms with Crippen LogP contribution in [0.3, 0.4) is 0 Å². The van der Waals surface area contributed by atoms with Crippen LogP contribution in [0.4, 0.5) is 21.9 Å². The third-order valence-corrected chi connectivity index (χ3v) is 8.08. The predicted octanol–water partition coefficient (Wildman–Crippen LogP) is 5.70. The summed E-state index contributed by atoms with van der Waals surface area (Å²) in [6, 6.07) is 22.0. The number of piperazine rings is 1. The highest BCUT2D eigenvalue weighted by Crippen LogP contribution is 2.38. The molecule has 11 nitrogen and oxygen atoms in total. The molecule has 0 atom stereocenters. The van der Waals surface area contributed by atoms with Crippen molar-refractivity contribution in [3.63, 3.8) is 0 Å². The van der Waals surface area contributed by atoms with Crippen LogP contribution in [-0.2, 0) is 19.1 Å². The third-order valence-electron chi connectivity index (χ3n) is 8.08. The number of amides is 3. The largest absolute Gasteiger partial charge is 0.465 e. The smallest absolute Gasteiger partial charge is 0.410 e. The number of anilines is 3. The molecule has 0 aromatic heterocycles. The van der Waals surface area contributed by atoms with E-state index in [1.54, 1.807) is 28.0 Å². The zero-order valence-electron chi connectivity index (χ0n) is 28.3. The van der Waals surface area contributed by atoms with Gasteiger partial charge in [0.2, 0.25) is 5.91 Å². The van der Waals surface area contributed by atoms with Gasteiger partial charge < -0.3 is 29.9 Å². The summed E-state index contributed by atoms with van der Waals surface area (Å²) < 4.78 is 10.3. The van der Waals surface area contributed by atoms with Gasteiger partial charge in [-0.05, 0) is 76.6 Å². The average Bonchev–Trinajstić information content (AvgIpc) is 3.38. The lowest BCUT2D eigenvalue weighted by molar-refractivity contribution is -0.120. The number of nitrogens with one attached hydrogen (secondary N) is 2. The molecule has 3 amide bonds. The molecule has 2 aliphatic rings. The highest BCUT2D eigenvalue weighted by atomic mass is 16.6. The van der Waals surface area contributed by atoms with Gasteiger partial charge in [-0.2, -0.15) is 0 Å². The van der Waals surface area contributed by atoms with E-state index in [2.05, 4.69) is 15.5 Å². The minimum atomic E-state index is -0.555. The maximum Gasteiger partial charge on any atom is 0.410 e. The molecule has 2 N–H and O–H groups in total. The van der Waals surface area contributed by atoms with Gasteiger partial charge in [-0.3, -0.25) is 14.5 Å². The first-order chi connectivity index (χ1) is 22.8. The molecule has 1 saturated heterocycles. The van der Waals surface area contributed by atoms with Gasteiger partial charge in [0.05, 0.1) is 36.2 Å². The Morgan fingerprint density at radius 1 is 0.917 bits per heavy atom. The highest BCUT2D eigenvalue weighted by molar-refractivity contribution is 6.37. The summed E-state index contributed by atoms with van der Waals surface area (Å²) in [6.07, 6.45) is -0.331. The summed E-state index contributed by atoms with van der Waals surface area (Å²) in [5, 5.41) is 6.33. The first-order valence-electron chi connectivity index (χ1n) is 16.1. The number of esters is 1. The summed E-state index contributed by atoms with van der Waals surface area (Å²) in [7, 11) is 1.32. The first-order valence-corrected chi connectivity index (χ1v) is 16.1. The quantitative estimate of drug-likeness (QED) is 0.235. The number of carbonyl (C=O) groups excluding carboxylic acids is 4. The molecule has 3 aromatic rings. The van der Waals surface area contributed by atoms with Crippen molar-refractivity contribution in [2.75, 3.05) is 55.4 Å². The standard InChI is InChI=1S/C37H43N5O6/c1-24(2)42(31(43)23-40-18-20-41(21-19-40)36(46)48-37(3,4)5)28-15-13-27(14-16-28)38-33(25-10-8-7-9-11-25)32-29-17-12-26(35(45)47-6)22-30(29)39-34(32)44/h7-17,22,24,38H,18-21,23H2,1-6H3,(H,39,44)/b33-32-. The summed E-state index contributed by atoms with van der Waals surface area (Å²) in [4.78, 5) is 57.0. The Morgan fingerprint density at radius 3 is 2.19 bits per heavy atom. The van der Waals surface area contributed by atoms with Gasteiger partial charge in [0.25, 0.3) is 5.91 Å². The lowest BCUT2D eigenvalue weighted by atomic mass is 9.99. The Balaban J connectivity index is 1.33. The summed E-state index contributed by atoms with van der Waals surface area (Å²) in [5.41, 5.74) is 4.32. The minimum Gasteiger partial charge on any atom is -0.465 e. The molecule has 0 radical (unpaired) electrons.